The molecule has 2 aromatic carbocycles. The maximum absolute atomic E-state index is 11.7. The number of aromatic hydroxyl groups is 1. The summed E-state index contributed by atoms with van der Waals surface area (Å²) < 4.78 is 17.6. The van der Waals surface area contributed by atoms with Crippen LogP contribution in [0.5, 0.6) is 23.0 Å². The van der Waals surface area contributed by atoms with E-state index in [0.717, 1.165) is 16.1 Å². The van der Waals surface area contributed by atoms with Crippen LogP contribution in [0.4, 0.5) is 5.69 Å². The second kappa shape index (κ2) is 9.15. The van der Waals surface area contributed by atoms with Gasteiger partial charge in [0.1, 0.15) is 5.75 Å². The summed E-state index contributed by atoms with van der Waals surface area (Å²) in [6, 6.07) is 8.91. The third kappa shape index (κ3) is 4.17. The number of hydrogen-bond donors (Lipinski definition) is 2. The van der Waals surface area contributed by atoms with Crippen molar-refractivity contribution in [1.82, 2.24) is 4.68 Å². The van der Waals surface area contributed by atoms with Crippen LogP contribution in [0.2, 0.25) is 0 Å². The average molecular weight is 455 g/mol. The molecule has 1 aliphatic heterocycles. The molecule has 0 aliphatic carbocycles. The summed E-state index contributed by atoms with van der Waals surface area (Å²) >= 11 is 1.46. The first kappa shape index (κ1) is 21.4. The SMILES string of the molecule is CCN=c1scc(-c2ccc3c(c2)NC(=O)CO3)n1N=Cc1cc(OC)c(O)c(OC)c1. The predicted molar refractivity (Wildman–Crippen MR) is 122 cm³/mol. The Morgan fingerprint density at radius 3 is 2.69 bits per heavy atom. The minimum atomic E-state index is -0.192. The number of amides is 1. The molecule has 0 atom stereocenters. The van der Waals surface area contributed by atoms with Gasteiger partial charge in [0.05, 0.1) is 31.8 Å². The van der Waals surface area contributed by atoms with Crippen LogP contribution < -0.4 is 24.3 Å². The van der Waals surface area contributed by atoms with E-state index in [4.69, 9.17) is 14.2 Å². The second-order valence-electron chi connectivity index (χ2n) is 6.76. The molecule has 0 saturated heterocycles. The zero-order chi connectivity index (χ0) is 22.7. The van der Waals surface area contributed by atoms with E-state index in [1.807, 2.05) is 30.5 Å². The molecule has 0 saturated carbocycles. The first-order chi connectivity index (χ1) is 15.5. The first-order valence-electron chi connectivity index (χ1n) is 9.81. The van der Waals surface area contributed by atoms with Gasteiger partial charge in [-0.05, 0) is 37.3 Å². The standard InChI is InChI=1S/C22H22N4O5S/c1-4-23-22-26(24-10-13-7-18(29-2)21(28)19(8-13)30-3)16(12-32-22)14-5-6-17-15(9-14)25-20(27)11-31-17/h5-10,12,28H,4,11H2,1-3H3,(H,25,27). The van der Waals surface area contributed by atoms with Gasteiger partial charge in [-0.1, -0.05) is 0 Å². The van der Waals surface area contributed by atoms with Crippen LogP contribution in [0, 0.1) is 0 Å². The Labute approximate surface area is 188 Å². The molecule has 2 heterocycles. The first-order valence-corrected chi connectivity index (χ1v) is 10.7. The number of hydrogen-bond acceptors (Lipinski definition) is 8. The highest BCUT2D eigenvalue weighted by Crippen LogP contribution is 2.37. The number of fused-ring (bicyclic) bond motifs is 1. The van der Waals surface area contributed by atoms with Gasteiger partial charge in [0, 0.05) is 23.1 Å². The number of ether oxygens (including phenoxy) is 3. The number of nitrogens with one attached hydrogen (secondary N) is 1. The molecule has 0 fully saturated rings. The summed E-state index contributed by atoms with van der Waals surface area (Å²) in [6.45, 7) is 2.56. The molecule has 0 radical (unpaired) electrons. The van der Waals surface area contributed by atoms with Crippen LogP contribution in [0.15, 0.2) is 45.8 Å². The molecule has 4 rings (SSSR count). The number of phenols is 1. The molecule has 1 amide bonds. The van der Waals surface area contributed by atoms with Gasteiger partial charge >= 0.3 is 0 Å². The number of methoxy groups -OCH3 is 2. The molecule has 0 unspecified atom stereocenters. The number of aromatic nitrogens is 1. The van der Waals surface area contributed by atoms with Crippen molar-refractivity contribution in [3.63, 3.8) is 0 Å². The van der Waals surface area contributed by atoms with Crippen LogP contribution in [-0.2, 0) is 4.79 Å². The van der Waals surface area contributed by atoms with Crippen LogP contribution >= 0.6 is 11.3 Å². The predicted octanol–water partition coefficient (Wildman–Crippen LogP) is 3.07. The highest BCUT2D eigenvalue weighted by atomic mass is 32.1. The summed E-state index contributed by atoms with van der Waals surface area (Å²) in [5.41, 5.74) is 2.94. The summed E-state index contributed by atoms with van der Waals surface area (Å²) in [5, 5.41) is 19.6. The van der Waals surface area contributed by atoms with Crippen molar-refractivity contribution in [2.75, 3.05) is 32.7 Å². The molecule has 0 spiro atoms. The quantitative estimate of drug-likeness (QED) is 0.557. The van der Waals surface area contributed by atoms with Crippen molar-refractivity contribution in [1.29, 1.82) is 0 Å². The Kier molecular flexibility index (Phi) is 6.13. The molecule has 0 bridgehead atoms. The van der Waals surface area contributed by atoms with Crippen molar-refractivity contribution >= 4 is 29.1 Å². The third-order valence-corrected chi connectivity index (χ3v) is 5.57. The molecule has 2 N–H and O–H groups in total. The average Bonchev–Trinajstić information content (AvgIpc) is 3.20. The van der Waals surface area contributed by atoms with E-state index >= 15 is 0 Å². The molecular weight excluding hydrogens is 432 g/mol. The lowest BCUT2D eigenvalue weighted by Crippen LogP contribution is -2.25. The number of benzene rings is 2. The number of thiazole rings is 1. The van der Waals surface area contributed by atoms with E-state index in [-0.39, 0.29) is 29.8 Å². The molecule has 166 valence electrons. The lowest BCUT2D eigenvalue weighted by atomic mass is 10.1. The fourth-order valence-corrected chi connectivity index (χ4v) is 4.11. The summed E-state index contributed by atoms with van der Waals surface area (Å²) in [5.74, 6) is 0.926. The number of anilines is 1. The lowest BCUT2D eigenvalue weighted by Gasteiger charge is -2.18. The molecule has 1 aliphatic rings. The van der Waals surface area contributed by atoms with E-state index in [1.165, 1.54) is 25.6 Å². The van der Waals surface area contributed by atoms with Crippen molar-refractivity contribution in [2.24, 2.45) is 10.1 Å². The minimum Gasteiger partial charge on any atom is -0.502 e. The maximum Gasteiger partial charge on any atom is 0.262 e. The van der Waals surface area contributed by atoms with Crippen molar-refractivity contribution in [2.45, 2.75) is 6.92 Å². The van der Waals surface area contributed by atoms with Gasteiger partial charge < -0.3 is 24.6 Å². The van der Waals surface area contributed by atoms with Crippen LogP contribution in [-0.4, -0.2) is 49.3 Å². The van der Waals surface area contributed by atoms with Gasteiger partial charge in [0.2, 0.25) is 10.6 Å². The zero-order valence-electron chi connectivity index (χ0n) is 17.8. The molecule has 32 heavy (non-hydrogen) atoms. The van der Waals surface area contributed by atoms with Crippen LogP contribution in [0.25, 0.3) is 11.3 Å². The molecule has 3 aromatic rings. The van der Waals surface area contributed by atoms with Gasteiger partial charge in [-0.25, -0.2) is 4.68 Å². The molecule has 10 heteroatoms. The minimum absolute atomic E-state index is 0.00811. The van der Waals surface area contributed by atoms with Crippen molar-refractivity contribution in [3.8, 4) is 34.3 Å². The number of nitrogens with zero attached hydrogens (tertiary/aromatic N) is 3. The van der Waals surface area contributed by atoms with E-state index in [0.29, 0.717) is 23.5 Å². The monoisotopic (exact) mass is 454 g/mol. The van der Waals surface area contributed by atoms with Gasteiger partial charge in [-0.15, -0.1) is 11.3 Å². The lowest BCUT2D eigenvalue weighted by molar-refractivity contribution is -0.118. The van der Waals surface area contributed by atoms with Crippen LogP contribution in [0.1, 0.15) is 12.5 Å². The number of rotatable bonds is 6. The zero-order valence-corrected chi connectivity index (χ0v) is 18.6. The van der Waals surface area contributed by atoms with Gasteiger partial charge in [0.25, 0.3) is 5.91 Å². The number of carbonyl (C=O) groups is 1. The Morgan fingerprint density at radius 1 is 1.25 bits per heavy atom. The highest BCUT2D eigenvalue weighted by Gasteiger charge is 2.18. The Morgan fingerprint density at radius 2 is 2.00 bits per heavy atom. The summed E-state index contributed by atoms with van der Waals surface area (Å²) in [6.07, 6.45) is 1.64. The van der Waals surface area contributed by atoms with Gasteiger partial charge in [-0.2, -0.15) is 5.10 Å². The van der Waals surface area contributed by atoms with E-state index in [9.17, 15) is 9.90 Å². The summed E-state index contributed by atoms with van der Waals surface area (Å²) in [4.78, 5) is 16.9. The normalized spacial score (nSPS) is 13.6. The molecular formula is C22H22N4O5S. The largest absolute Gasteiger partial charge is 0.502 e. The second-order valence-corrected chi connectivity index (χ2v) is 7.59. The third-order valence-electron chi connectivity index (χ3n) is 4.71. The molecule has 9 nitrogen and oxygen atoms in total. The van der Waals surface area contributed by atoms with Gasteiger partial charge in [-0.3, -0.25) is 9.79 Å². The fraction of sp³-hybridized carbons (Fsp3) is 0.227. The number of carbonyl (C=O) groups excluding carboxylic acids is 1. The van der Waals surface area contributed by atoms with Gasteiger partial charge in [0.15, 0.2) is 18.1 Å². The maximum atomic E-state index is 11.7. The topological polar surface area (TPSA) is 107 Å². The van der Waals surface area contributed by atoms with Crippen molar-refractivity contribution in [3.05, 3.63) is 46.1 Å². The van der Waals surface area contributed by atoms with E-state index in [1.54, 1.807) is 23.0 Å². The number of phenolic OH excluding ortho intramolecular Hbond substituents is 1. The highest BCUT2D eigenvalue weighted by molar-refractivity contribution is 7.07. The fourth-order valence-electron chi connectivity index (χ4n) is 3.21. The smallest absolute Gasteiger partial charge is 0.262 e. The van der Waals surface area contributed by atoms with E-state index < -0.39 is 0 Å². The molecule has 1 aromatic heterocycles. The Bertz CT molecular complexity index is 1240. The summed E-state index contributed by atoms with van der Waals surface area (Å²) in [7, 11) is 2.94. The Balaban J connectivity index is 1.77. The van der Waals surface area contributed by atoms with E-state index in [2.05, 4.69) is 15.4 Å². The Hall–Kier alpha value is -3.79. The van der Waals surface area contributed by atoms with Crippen molar-refractivity contribution < 1.29 is 24.1 Å². The van der Waals surface area contributed by atoms with Crippen LogP contribution in [0.3, 0.4) is 0 Å².